The highest BCUT2D eigenvalue weighted by Gasteiger charge is 2.16. The third-order valence-electron chi connectivity index (χ3n) is 2.19. The molecule has 2 heteroatoms. The maximum Gasteiger partial charge on any atom is 0.00310 e. The Morgan fingerprint density at radius 3 is 2.09 bits per heavy atom. The Hall–Kier alpha value is -0.0800. The van der Waals surface area contributed by atoms with E-state index in [9.17, 15) is 5.21 Å². The summed E-state index contributed by atoms with van der Waals surface area (Å²) >= 11 is 0. The molecule has 0 aromatic carbocycles. The van der Waals surface area contributed by atoms with E-state index >= 15 is 0 Å². The SMILES string of the molecule is CC(C)CCC(C)(C)N(C)[O-]. The minimum Gasteiger partial charge on any atom is -0.785 e. The summed E-state index contributed by atoms with van der Waals surface area (Å²) in [6.45, 7) is 8.34. The van der Waals surface area contributed by atoms with E-state index in [4.69, 9.17) is 0 Å². The van der Waals surface area contributed by atoms with Crippen LogP contribution < -0.4 is 0 Å². The summed E-state index contributed by atoms with van der Waals surface area (Å²) in [5.74, 6) is 0.689. The first kappa shape index (κ1) is 10.9. The first-order valence-corrected chi connectivity index (χ1v) is 4.27. The largest absolute Gasteiger partial charge is 0.785 e. The van der Waals surface area contributed by atoms with E-state index in [1.165, 1.54) is 0 Å². The number of nitrogens with zero attached hydrogens (tertiary/aromatic N) is 1. The average Bonchev–Trinajstić information content (AvgIpc) is 1.84. The molecule has 0 spiro atoms. The van der Waals surface area contributed by atoms with Crippen molar-refractivity contribution in [2.45, 2.75) is 46.1 Å². The summed E-state index contributed by atoms with van der Waals surface area (Å²) in [4.78, 5) is 0. The second kappa shape index (κ2) is 4.07. The molecule has 0 aromatic heterocycles. The predicted octanol–water partition coefficient (Wildman–Crippen LogP) is 2.63. The standard InChI is InChI=1S/C9H20NO/c1-8(2)6-7-9(3,4)10(5)11/h8H,6-7H2,1-5H3/q-1. The molecule has 0 N–H and O–H groups in total. The molecule has 0 fully saturated rings. The van der Waals surface area contributed by atoms with Gasteiger partial charge >= 0.3 is 0 Å². The van der Waals surface area contributed by atoms with Gasteiger partial charge in [-0.1, -0.05) is 13.8 Å². The molecule has 0 saturated carbocycles. The zero-order valence-corrected chi connectivity index (χ0v) is 8.35. The van der Waals surface area contributed by atoms with E-state index in [1.54, 1.807) is 7.05 Å². The Morgan fingerprint density at radius 1 is 1.36 bits per heavy atom. The van der Waals surface area contributed by atoms with Gasteiger partial charge in [-0.2, -0.15) is 0 Å². The quantitative estimate of drug-likeness (QED) is 0.588. The smallest absolute Gasteiger partial charge is 0.00310 e. The monoisotopic (exact) mass is 158 g/mol. The second-order valence-corrected chi connectivity index (χ2v) is 4.24. The van der Waals surface area contributed by atoms with Crippen LogP contribution in [0.4, 0.5) is 0 Å². The van der Waals surface area contributed by atoms with Crippen molar-refractivity contribution in [3.05, 3.63) is 5.21 Å². The van der Waals surface area contributed by atoms with Crippen molar-refractivity contribution < 1.29 is 0 Å². The van der Waals surface area contributed by atoms with Gasteiger partial charge in [-0.05, 0) is 39.7 Å². The summed E-state index contributed by atoms with van der Waals surface area (Å²) in [5.41, 5.74) is -0.190. The summed E-state index contributed by atoms with van der Waals surface area (Å²) < 4.78 is 0. The molecule has 0 bridgehead atoms. The fraction of sp³-hybridized carbons (Fsp3) is 1.00. The molecule has 0 aliphatic rings. The van der Waals surface area contributed by atoms with Gasteiger partial charge in [0.05, 0.1) is 0 Å². The maximum atomic E-state index is 11.0. The van der Waals surface area contributed by atoms with Crippen molar-refractivity contribution in [3.8, 4) is 0 Å². The minimum absolute atomic E-state index is 0.190. The van der Waals surface area contributed by atoms with Gasteiger partial charge in [0.1, 0.15) is 0 Å². The lowest BCUT2D eigenvalue weighted by atomic mass is 9.94. The highest BCUT2D eigenvalue weighted by atomic mass is 16.5. The van der Waals surface area contributed by atoms with Crippen LogP contribution in [0.2, 0.25) is 0 Å². The normalized spacial score (nSPS) is 13.1. The predicted molar refractivity (Wildman–Crippen MR) is 49.3 cm³/mol. The number of hydrogen-bond donors (Lipinski definition) is 0. The molecular formula is C9H20NO-. The minimum atomic E-state index is -0.190. The topological polar surface area (TPSA) is 26.3 Å². The molecule has 0 saturated heterocycles. The van der Waals surface area contributed by atoms with Crippen molar-refractivity contribution in [2.24, 2.45) is 5.92 Å². The van der Waals surface area contributed by atoms with Crippen molar-refractivity contribution in [1.29, 1.82) is 0 Å². The van der Waals surface area contributed by atoms with Crippen LogP contribution in [-0.2, 0) is 0 Å². The van der Waals surface area contributed by atoms with Gasteiger partial charge in [-0.15, -0.1) is 0 Å². The van der Waals surface area contributed by atoms with E-state index in [0.29, 0.717) is 5.92 Å². The molecule has 0 rings (SSSR count). The zero-order chi connectivity index (χ0) is 9.07. The fourth-order valence-electron chi connectivity index (χ4n) is 0.799. The molecule has 0 aliphatic carbocycles. The van der Waals surface area contributed by atoms with Crippen LogP contribution in [0.15, 0.2) is 0 Å². The van der Waals surface area contributed by atoms with E-state index in [0.717, 1.165) is 17.9 Å². The Morgan fingerprint density at radius 2 is 1.82 bits per heavy atom. The Labute approximate surface area is 70.2 Å². The summed E-state index contributed by atoms with van der Waals surface area (Å²) in [6.07, 6.45) is 2.10. The Bertz CT molecular complexity index is 108. The van der Waals surface area contributed by atoms with Gasteiger partial charge in [-0.3, -0.25) is 0 Å². The highest BCUT2D eigenvalue weighted by Crippen LogP contribution is 2.20. The van der Waals surface area contributed by atoms with Crippen LogP contribution in [0.25, 0.3) is 0 Å². The van der Waals surface area contributed by atoms with Crippen LogP contribution >= 0.6 is 0 Å². The molecule has 0 radical (unpaired) electrons. The van der Waals surface area contributed by atoms with Crippen LogP contribution in [-0.4, -0.2) is 17.6 Å². The summed E-state index contributed by atoms with van der Waals surface area (Å²) in [6, 6.07) is 0. The van der Waals surface area contributed by atoms with Crippen LogP contribution in [0.5, 0.6) is 0 Å². The van der Waals surface area contributed by atoms with E-state index in [2.05, 4.69) is 13.8 Å². The van der Waals surface area contributed by atoms with Crippen molar-refractivity contribution in [1.82, 2.24) is 5.06 Å². The molecular weight excluding hydrogens is 138 g/mol. The Balaban J connectivity index is 3.73. The lowest BCUT2D eigenvalue weighted by Gasteiger charge is -2.41. The molecule has 68 valence electrons. The van der Waals surface area contributed by atoms with Crippen molar-refractivity contribution in [3.63, 3.8) is 0 Å². The van der Waals surface area contributed by atoms with Gasteiger partial charge in [0.2, 0.25) is 0 Å². The first-order valence-electron chi connectivity index (χ1n) is 4.27. The molecule has 0 atom stereocenters. The number of rotatable bonds is 4. The number of hydrogen-bond acceptors (Lipinski definition) is 2. The molecule has 0 aromatic rings. The maximum absolute atomic E-state index is 11.0. The first-order chi connectivity index (χ1) is 4.86. The van der Waals surface area contributed by atoms with Gasteiger partial charge < -0.3 is 10.3 Å². The Kier molecular flexibility index (Phi) is 4.04. The molecule has 0 aliphatic heterocycles. The summed E-state index contributed by atoms with van der Waals surface area (Å²) in [7, 11) is 1.60. The molecule has 0 heterocycles. The molecule has 11 heavy (non-hydrogen) atoms. The van der Waals surface area contributed by atoms with Crippen molar-refractivity contribution >= 4 is 0 Å². The second-order valence-electron chi connectivity index (χ2n) is 4.24. The van der Waals surface area contributed by atoms with Crippen LogP contribution in [0.1, 0.15) is 40.5 Å². The van der Waals surface area contributed by atoms with Gasteiger partial charge in [-0.25, -0.2) is 0 Å². The summed E-state index contributed by atoms with van der Waals surface area (Å²) in [5, 5.41) is 12.0. The van der Waals surface area contributed by atoms with Gasteiger partial charge in [0.15, 0.2) is 0 Å². The number of hydroxylamine groups is 2. The lowest BCUT2D eigenvalue weighted by molar-refractivity contribution is 0.198. The highest BCUT2D eigenvalue weighted by molar-refractivity contribution is 4.79. The van der Waals surface area contributed by atoms with Gasteiger partial charge in [0.25, 0.3) is 0 Å². The average molecular weight is 158 g/mol. The third-order valence-corrected chi connectivity index (χ3v) is 2.19. The molecule has 2 nitrogen and oxygen atoms in total. The van der Waals surface area contributed by atoms with E-state index in [1.807, 2.05) is 13.8 Å². The fourth-order valence-corrected chi connectivity index (χ4v) is 0.799. The van der Waals surface area contributed by atoms with Crippen LogP contribution in [0.3, 0.4) is 0 Å². The van der Waals surface area contributed by atoms with Crippen molar-refractivity contribution in [2.75, 3.05) is 7.05 Å². The third kappa shape index (κ3) is 4.38. The molecule has 0 unspecified atom stereocenters. The van der Waals surface area contributed by atoms with E-state index in [-0.39, 0.29) is 5.54 Å². The van der Waals surface area contributed by atoms with E-state index < -0.39 is 0 Å². The van der Waals surface area contributed by atoms with Crippen LogP contribution in [0, 0.1) is 11.1 Å². The molecule has 0 amide bonds. The zero-order valence-electron chi connectivity index (χ0n) is 8.35. The van der Waals surface area contributed by atoms with Gasteiger partial charge in [0, 0.05) is 5.54 Å². The lowest BCUT2D eigenvalue weighted by Crippen LogP contribution is -2.36.